The van der Waals surface area contributed by atoms with Crippen molar-refractivity contribution in [2.75, 3.05) is 40.7 Å². The molecule has 2 rings (SSSR count). The lowest BCUT2D eigenvalue weighted by molar-refractivity contribution is 0.0526. The maximum Gasteiger partial charge on any atom is 0.341 e. The number of carbonyl (C=O) groups is 2. The van der Waals surface area contributed by atoms with Crippen LogP contribution in [0.2, 0.25) is 0 Å². The number of hydrogen-bond acceptors (Lipinski definition) is 8. The average Bonchev–Trinajstić information content (AvgIpc) is 3.03. The van der Waals surface area contributed by atoms with E-state index in [0.717, 1.165) is 16.9 Å². The summed E-state index contributed by atoms with van der Waals surface area (Å²) in [5, 5.41) is 2.87. The van der Waals surface area contributed by atoms with E-state index in [0.29, 0.717) is 35.0 Å². The van der Waals surface area contributed by atoms with Gasteiger partial charge in [0.1, 0.15) is 5.00 Å². The fourth-order valence-corrected chi connectivity index (χ4v) is 3.99. The molecule has 0 fully saturated rings. The van der Waals surface area contributed by atoms with Gasteiger partial charge in [0.2, 0.25) is 0 Å². The Labute approximate surface area is 174 Å². The Bertz CT molecular complexity index is 881. The molecule has 2 aromatic rings. The summed E-state index contributed by atoms with van der Waals surface area (Å²) < 4.78 is 15.8. The number of rotatable bonds is 9. The number of hydrogen-bond donors (Lipinski definition) is 2. The quantitative estimate of drug-likeness (QED) is 0.600. The van der Waals surface area contributed by atoms with Crippen molar-refractivity contribution in [2.45, 2.75) is 20.0 Å². The van der Waals surface area contributed by atoms with Gasteiger partial charge in [0.05, 0.1) is 31.3 Å². The van der Waals surface area contributed by atoms with Crippen LogP contribution in [0.4, 0.5) is 5.00 Å². The zero-order chi connectivity index (χ0) is 21.6. The summed E-state index contributed by atoms with van der Waals surface area (Å²) in [5.74, 6) is 0.477. The molecule has 158 valence electrons. The lowest BCUT2D eigenvalue weighted by atomic mass is 10.1. The van der Waals surface area contributed by atoms with E-state index in [1.807, 2.05) is 30.1 Å². The van der Waals surface area contributed by atoms with Gasteiger partial charge in [-0.05, 0) is 31.7 Å². The average molecular weight is 422 g/mol. The summed E-state index contributed by atoms with van der Waals surface area (Å²) in [5.41, 5.74) is 7.87. The maximum atomic E-state index is 12.4. The van der Waals surface area contributed by atoms with Crippen LogP contribution in [0.15, 0.2) is 18.2 Å². The number of ether oxygens (including phenoxy) is 3. The first-order valence-electron chi connectivity index (χ1n) is 9.05. The fourth-order valence-electron chi connectivity index (χ4n) is 2.98. The van der Waals surface area contributed by atoms with Crippen LogP contribution in [0.3, 0.4) is 0 Å². The van der Waals surface area contributed by atoms with Crippen LogP contribution < -0.4 is 20.5 Å². The SMILES string of the molecule is CCOC(=O)c1c(N)sc(C(=O)NC)c1CN(C)Cc1ccc(OC)c(OC)c1. The molecule has 0 radical (unpaired) electrons. The molecule has 8 nitrogen and oxygen atoms in total. The molecular formula is C20H27N3O5S. The molecule has 1 amide bonds. The summed E-state index contributed by atoms with van der Waals surface area (Å²) in [4.78, 5) is 27.1. The number of thiophene rings is 1. The van der Waals surface area contributed by atoms with E-state index >= 15 is 0 Å². The summed E-state index contributed by atoms with van der Waals surface area (Å²) >= 11 is 1.09. The molecule has 1 heterocycles. The largest absolute Gasteiger partial charge is 0.493 e. The first-order valence-corrected chi connectivity index (χ1v) is 9.87. The molecule has 0 bridgehead atoms. The molecule has 0 aliphatic carbocycles. The number of esters is 1. The molecule has 0 aliphatic rings. The van der Waals surface area contributed by atoms with Crippen LogP contribution in [0.25, 0.3) is 0 Å². The standard InChI is InChI=1S/C20H27N3O5S/c1-6-28-20(25)16-13(17(19(24)22-2)29-18(16)21)11-23(3)10-12-7-8-14(26-4)15(9-12)27-5/h7-9H,6,10-11,21H2,1-5H3,(H,22,24). The van der Waals surface area contributed by atoms with Gasteiger partial charge >= 0.3 is 5.97 Å². The van der Waals surface area contributed by atoms with Crippen molar-refractivity contribution in [1.82, 2.24) is 10.2 Å². The number of nitrogens with one attached hydrogen (secondary N) is 1. The van der Waals surface area contributed by atoms with Gasteiger partial charge in [-0.1, -0.05) is 6.07 Å². The van der Waals surface area contributed by atoms with Crippen molar-refractivity contribution in [2.24, 2.45) is 0 Å². The Morgan fingerprint density at radius 3 is 2.45 bits per heavy atom. The van der Waals surface area contributed by atoms with E-state index < -0.39 is 5.97 Å². The molecule has 9 heteroatoms. The summed E-state index contributed by atoms with van der Waals surface area (Å²) in [6.45, 7) is 2.86. The Kier molecular flexibility index (Phi) is 7.86. The molecule has 0 spiro atoms. The van der Waals surface area contributed by atoms with E-state index in [4.69, 9.17) is 19.9 Å². The van der Waals surface area contributed by atoms with E-state index in [1.165, 1.54) is 0 Å². The molecule has 1 aromatic carbocycles. The van der Waals surface area contributed by atoms with Gasteiger partial charge in [-0.15, -0.1) is 11.3 Å². The second-order valence-corrected chi connectivity index (χ2v) is 7.36. The van der Waals surface area contributed by atoms with Crippen LogP contribution >= 0.6 is 11.3 Å². The lowest BCUT2D eigenvalue weighted by Crippen LogP contribution is -2.23. The normalized spacial score (nSPS) is 10.7. The van der Waals surface area contributed by atoms with E-state index in [2.05, 4.69) is 5.32 Å². The second kappa shape index (κ2) is 10.1. The van der Waals surface area contributed by atoms with Crippen LogP contribution in [-0.2, 0) is 17.8 Å². The van der Waals surface area contributed by atoms with Crippen molar-refractivity contribution in [3.63, 3.8) is 0 Å². The molecule has 0 saturated heterocycles. The molecule has 3 N–H and O–H groups in total. The number of anilines is 1. The van der Waals surface area contributed by atoms with Gasteiger partial charge in [-0.2, -0.15) is 0 Å². The minimum atomic E-state index is -0.522. The molecule has 29 heavy (non-hydrogen) atoms. The van der Waals surface area contributed by atoms with Crippen LogP contribution in [0, 0.1) is 0 Å². The minimum Gasteiger partial charge on any atom is -0.493 e. The predicted molar refractivity (Wildman–Crippen MR) is 113 cm³/mol. The number of benzene rings is 1. The summed E-state index contributed by atoms with van der Waals surface area (Å²) in [6, 6.07) is 5.67. The van der Waals surface area contributed by atoms with Crippen molar-refractivity contribution in [3.05, 3.63) is 39.8 Å². The predicted octanol–water partition coefficient (Wildman–Crippen LogP) is 2.52. The molecule has 0 unspecified atom stereocenters. The number of amides is 1. The number of nitrogen functional groups attached to an aromatic ring is 1. The van der Waals surface area contributed by atoms with Crippen molar-refractivity contribution >= 4 is 28.2 Å². The highest BCUT2D eigenvalue weighted by Crippen LogP contribution is 2.33. The maximum absolute atomic E-state index is 12.4. The first-order chi connectivity index (χ1) is 13.9. The van der Waals surface area contributed by atoms with Crippen molar-refractivity contribution in [1.29, 1.82) is 0 Å². The monoisotopic (exact) mass is 421 g/mol. The Hall–Kier alpha value is -2.78. The Balaban J connectivity index is 2.32. The second-order valence-electron chi connectivity index (χ2n) is 6.31. The molecule has 0 saturated carbocycles. The minimum absolute atomic E-state index is 0.227. The van der Waals surface area contributed by atoms with E-state index in [9.17, 15) is 9.59 Å². The Morgan fingerprint density at radius 2 is 1.86 bits per heavy atom. The molecular weight excluding hydrogens is 394 g/mol. The number of methoxy groups -OCH3 is 2. The first kappa shape index (κ1) is 22.5. The molecule has 1 aromatic heterocycles. The lowest BCUT2D eigenvalue weighted by Gasteiger charge is -2.19. The van der Waals surface area contributed by atoms with Crippen molar-refractivity contribution in [3.8, 4) is 11.5 Å². The molecule has 0 atom stereocenters. The van der Waals surface area contributed by atoms with Gasteiger partial charge in [0.25, 0.3) is 5.91 Å². The van der Waals surface area contributed by atoms with Gasteiger partial charge in [0.15, 0.2) is 11.5 Å². The number of carbonyl (C=O) groups excluding carboxylic acids is 2. The summed E-state index contributed by atoms with van der Waals surface area (Å²) in [7, 11) is 6.61. The van der Waals surface area contributed by atoms with Gasteiger partial charge in [-0.3, -0.25) is 9.69 Å². The highest BCUT2D eigenvalue weighted by atomic mass is 32.1. The van der Waals surface area contributed by atoms with Crippen LogP contribution in [0.5, 0.6) is 11.5 Å². The van der Waals surface area contributed by atoms with E-state index in [-0.39, 0.29) is 23.1 Å². The third-order valence-electron chi connectivity index (χ3n) is 4.28. The molecule has 0 aliphatic heterocycles. The van der Waals surface area contributed by atoms with Crippen LogP contribution in [-0.4, -0.2) is 51.7 Å². The number of nitrogens with two attached hydrogens (primary N) is 1. The topological polar surface area (TPSA) is 103 Å². The number of nitrogens with zero attached hydrogens (tertiary/aromatic N) is 1. The zero-order valence-corrected chi connectivity index (χ0v) is 18.1. The highest BCUT2D eigenvalue weighted by Gasteiger charge is 2.27. The zero-order valence-electron chi connectivity index (χ0n) is 17.3. The fraction of sp³-hybridized carbons (Fsp3) is 0.400. The van der Waals surface area contributed by atoms with Gasteiger partial charge in [0, 0.05) is 25.7 Å². The third kappa shape index (κ3) is 5.18. The summed E-state index contributed by atoms with van der Waals surface area (Å²) in [6.07, 6.45) is 0. The third-order valence-corrected chi connectivity index (χ3v) is 5.34. The van der Waals surface area contributed by atoms with Gasteiger partial charge < -0.3 is 25.3 Å². The Morgan fingerprint density at radius 1 is 1.17 bits per heavy atom. The highest BCUT2D eigenvalue weighted by molar-refractivity contribution is 7.18. The smallest absolute Gasteiger partial charge is 0.341 e. The van der Waals surface area contributed by atoms with Gasteiger partial charge in [-0.25, -0.2) is 4.79 Å². The van der Waals surface area contributed by atoms with Crippen molar-refractivity contribution < 1.29 is 23.8 Å². The van der Waals surface area contributed by atoms with Crippen LogP contribution in [0.1, 0.15) is 38.1 Å². The van der Waals surface area contributed by atoms with E-state index in [1.54, 1.807) is 28.2 Å².